The van der Waals surface area contributed by atoms with E-state index in [1.807, 2.05) is 18.3 Å². The average molecular weight is 286 g/mol. The van der Waals surface area contributed by atoms with Crippen molar-refractivity contribution in [2.75, 3.05) is 5.32 Å². The molecule has 0 radical (unpaired) electrons. The second kappa shape index (κ2) is 8.45. The topological polar surface area (TPSA) is 42.7 Å². The van der Waals surface area contributed by atoms with Gasteiger partial charge in [0.2, 0.25) is 0 Å². The minimum Gasteiger partial charge on any atom is -0.380 e. The molecule has 1 unspecified atom stereocenters. The van der Waals surface area contributed by atoms with Gasteiger partial charge in [-0.05, 0) is 31.5 Å². The van der Waals surface area contributed by atoms with Crippen molar-refractivity contribution < 1.29 is 0 Å². The first-order chi connectivity index (χ1) is 10.3. The van der Waals surface area contributed by atoms with Crippen molar-refractivity contribution in [3.05, 3.63) is 36.8 Å². The maximum atomic E-state index is 4.43. The monoisotopic (exact) mass is 286 g/mol. The highest BCUT2D eigenvalue weighted by molar-refractivity contribution is 5.56. The van der Waals surface area contributed by atoms with Crippen LogP contribution in [0, 0.1) is 0 Å². The zero-order valence-corrected chi connectivity index (χ0v) is 13.1. The minimum absolute atomic E-state index is 0.449. The standard InChI is InChI=1S/C17H26N4/c1-3-4-5-6-7-10-15(2)20-16-11-8-12-18-17(16)21-14-9-13-19-21/h8-9,11-15,20H,3-7,10H2,1-2H3. The fourth-order valence-electron chi connectivity index (χ4n) is 2.48. The summed E-state index contributed by atoms with van der Waals surface area (Å²) in [6.45, 7) is 4.49. The first kappa shape index (κ1) is 15.5. The number of hydrogen-bond acceptors (Lipinski definition) is 3. The van der Waals surface area contributed by atoms with E-state index in [4.69, 9.17) is 0 Å². The largest absolute Gasteiger partial charge is 0.380 e. The van der Waals surface area contributed by atoms with Gasteiger partial charge in [-0.15, -0.1) is 0 Å². The highest BCUT2D eigenvalue weighted by Crippen LogP contribution is 2.18. The molecule has 0 bridgehead atoms. The molecular formula is C17H26N4. The molecule has 0 aliphatic rings. The highest BCUT2D eigenvalue weighted by atomic mass is 15.3. The Hall–Kier alpha value is -1.84. The number of pyridine rings is 1. The zero-order chi connectivity index (χ0) is 14.9. The van der Waals surface area contributed by atoms with Crippen LogP contribution < -0.4 is 5.32 Å². The van der Waals surface area contributed by atoms with Crippen LogP contribution in [0.4, 0.5) is 5.69 Å². The molecule has 0 aliphatic heterocycles. The number of unbranched alkanes of at least 4 members (excludes halogenated alkanes) is 4. The molecule has 0 spiro atoms. The fraction of sp³-hybridized carbons (Fsp3) is 0.529. The van der Waals surface area contributed by atoms with Gasteiger partial charge in [-0.25, -0.2) is 9.67 Å². The highest BCUT2D eigenvalue weighted by Gasteiger charge is 2.08. The molecule has 2 rings (SSSR count). The number of hydrogen-bond donors (Lipinski definition) is 1. The Labute approximate surface area is 127 Å². The molecule has 4 heteroatoms. The Morgan fingerprint density at radius 3 is 2.76 bits per heavy atom. The minimum atomic E-state index is 0.449. The van der Waals surface area contributed by atoms with Crippen LogP contribution in [0.5, 0.6) is 0 Å². The summed E-state index contributed by atoms with van der Waals surface area (Å²) in [6, 6.07) is 6.39. The number of rotatable bonds is 9. The van der Waals surface area contributed by atoms with Gasteiger partial charge in [0.05, 0.1) is 5.69 Å². The van der Waals surface area contributed by atoms with Gasteiger partial charge in [-0.1, -0.05) is 39.0 Å². The lowest BCUT2D eigenvalue weighted by atomic mass is 10.1. The van der Waals surface area contributed by atoms with Gasteiger partial charge in [-0.3, -0.25) is 0 Å². The fourth-order valence-corrected chi connectivity index (χ4v) is 2.48. The van der Waals surface area contributed by atoms with Crippen molar-refractivity contribution in [1.29, 1.82) is 0 Å². The van der Waals surface area contributed by atoms with Crippen LogP contribution in [-0.2, 0) is 0 Å². The Bertz CT molecular complexity index is 507. The van der Waals surface area contributed by atoms with Crippen LogP contribution in [-0.4, -0.2) is 20.8 Å². The third-order valence-electron chi connectivity index (χ3n) is 3.65. The third-order valence-corrected chi connectivity index (χ3v) is 3.65. The molecule has 4 nitrogen and oxygen atoms in total. The maximum Gasteiger partial charge on any atom is 0.176 e. The summed E-state index contributed by atoms with van der Waals surface area (Å²) in [5.74, 6) is 0.861. The van der Waals surface area contributed by atoms with Crippen molar-refractivity contribution in [2.24, 2.45) is 0 Å². The van der Waals surface area contributed by atoms with E-state index in [9.17, 15) is 0 Å². The van der Waals surface area contributed by atoms with E-state index in [-0.39, 0.29) is 0 Å². The van der Waals surface area contributed by atoms with E-state index in [1.54, 1.807) is 17.1 Å². The number of anilines is 1. The lowest BCUT2D eigenvalue weighted by Crippen LogP contribution is -2.17. The van der Waals surface area contributed by atoms with E-state index in [0.29, 0.717) is 6.04 Å². The van der Waals surface area contributed by atoms with E-state index in [0.717, 1.165) is 11.5 Å². The Kier molecular flexibility index (Phi) is 6.25. The number of nitrogens with zero attached hydrogens (tertiary/aromatic N) is 3. The van der Waals surface area contributed by atoms with Crippen LogP contribution in [0.3, 0.4) is 0 Å². The molecule has 2 heterocycles. The maximum absolute atomic E-state index is 4.43. The first-order valence-electron chi connectivity index (χ1n) is 8.03. The predicted octanol–water partition coefficient (Wildman–Crippen LogP) is 4.43. The van der Waals surface area contributed by atoms with Crippen molar-refractivity contribution in [3.63, 3.8) is 0 Å². The summed E-state index contributed by atoms with van der Waals surface area (Å²) in [6.07, 6.45) is 13.3. The van der Waals surface area contributed by atoms with Crippen molar-refractivity contribution in [3.8, 4) is 5.82 Å². The summed E-state index contributed by atoms with van der Waals surface area (Å²) in [7, 11) is 0. The van der Waals surface area contributed by atoms with Gasteiger partial charge in [0, 0.05) is 24.6 Å². The number of aromatic nitrogens is 3. The quantitative estimate of drug-likeness (QED) is 0.693. The van der Waals surface area contributed by atoms with Gasteiger partial charge >= 0.3 is 0 Å². The zero-order valence-electron chi connectivity index (χ0n) is 13.1. The molecule has 0 saturated heterocycles. The molecule has 0 saturated carbocycles. The van der Waals surface area contributed by atoms with Gasteiger partial charge in [0.1, 0.15) is 0 Å². The summed E-state index contributed by atoms with van der Waals surface area (Å²) in [5.41, 5.74) is 1.04. The second-order valence-electron chi connectivity index (χ2n) is 5.57. The molecule has 2 aromatic heterocycles. The molecule has 1 atom stereocenters. The second-order valence-corrected chi connectivity index (χ2v) is 5.57. The van der Waals surface area contributed by atoms with E-state index in [1.165, 1.54) is 38.5 Å². The Morgan fingerprint density at radius 1 is 1.14 bits per heavy atom. The van der Waals surface area contributed by atoms with E-state index < -0.39 is 0 Å². The smallest absolute Gasteiger partial charge is 0.176 e. The van der Waals surface area contributed by atoms with Crippen molar-refractivity contribution in [2.45, 2.75) is 58.4 Å². The van der Waals surface area contributed by atoms with Crippen LogP contribution in [0.1, 0.15) is 52.4 Å². The predicted molar refractivity (Wildman–Crippen MR) is 87.8 cm³/mol. The Morgan fingerprint density at radius 2 is 2.00 bits per heavy atom. The summed E-state index contributed by atoms with van der Waals surface area (Å²) < 4.78 is 1.80. The van der Waals surface area contributed by atoms with Crippen LogP contribution >= 0.6 is 0 Å². The van der Waals surface area contributed by atoms with Gasteiger partial charge in [0.15, 0.2) is 5.82 Å². The Balaban J connectivity index is 1.88. The molecule has 1 N–H and O–H groups in total. The molecule has 2 aromatic rings. The molecule has 21 heavy (non-hydrogen) atoms. The van der Waals surface area contributed by atoms with Crippen molar-refractivity contribution in [1.82, 2.24) is 14.8 Å². The van der Waals surface area contributed by atoms with E-state index in [2.05, 4.69) is 35.3 Å². The molecule has 0 aromatic carbocycles. The number of nitrogens with one attached hydrogen (secondary N) is 1. The molecule has 0 aliphatic carbocycles. The van der Waals surface area contributed by atoms with Gasteiger partial charge < -0.3 is 5.32 Å². The van der Waals surface area contributed by atoms with Crippen LogP contribution in [0.25, 0.3) is 5.82 Å². The van der Waals surface area contributed by atoms with Gasteiger partial charge in [0.25, 0.3) is 0 Å². The molecule has 0 amide bonds. The first-order valence-corrected chi connectivity index (χ1v) is 8.03. The molecule has 114 valence electrons. The average Bonchev–Trinajstić information content (AvgIpc) is 3.02. The lowest BCUT2D eigenvalue weighted by Gasteiger charge is -2.17. The lowest BCUT2D eigenvalue weighted by molar-refractivity contribution is 0.578. The van der Waals surface area contributed by atoms with Crippen LogP contribution in [0.2, 0.25) is 0 Å². The third kappa shape index (κ3) is 4.88. The van der Waals surface area contributed by atoms with Gasteiger partial charge in [-0.2, -0.15) is 5.10 Å². The summed E-state index contributed by atoms with van der Waals surface area (Å²) in [5, 5.41) is 7.83. The van der Waals surface area contributed by atoms with E-state index >= 15 is 0 Å². The SMILES string of the molecule is CCCCCCCC(C)Nc1cccnc1-n1cccn1. The van der Waals surface area contributed by atoms with Crippen molar-refractivity contribution >= 4 is 5.69 Å². The summed E-state index contributed by atoms with van der Waals surface area (Å²) in [4.78, 5) is 4.43. The molecular weight excluding hydrogens is 260 g/mol. The molecule has 0 fully saturated rings. The van der Waals surface area contributed by atoms with Crippen LogP contribution in [0.15, 0.2) is 36.8 Å². The summed E-state index contributed by atoms with van der Waals surface area (Å²) >= 11 is 0. The normalized spacial score (nSPS) is 12.3.